The lowest BCUT2D eigenvalue weighted by atomic mass is 10.0. The maximum atomic E-state index is 5.16. The average Bonchev–Trinajstić information content (AvgIpc) is 2.89. The largest absolute Gasteiger partial charge is 0.472 e. The predicted molar refractivity (Wildman–Crippen MR) is 67.7 cm³/mol. The van der Waals surface area contributed by atoms with Crippen LogP contribution in [-0.2, 0) is 6.42 Å². The Morgan fingerprint density at radius 1 is 1.41 bits per heavy atom. The molecule has 0 fully saturated rings. The molecule has 0 bridgehead atoms. The topological polar surface area (TPSA) is 38.1 Å². The van der Waals surface area contributed by atoms with Crippen molar-refractivity contribution in [3.8, 4) is 0 Å². The van der Waals surface area contributed by atoms with Gasteiger partial charge in [-0.15, -0.1) is 0 Å². The molecular weight excluding hydrogens is 212 g/mol. The Kier molecular flexibility index (Phi) is 4.33. The molecule has 1 N–H and O–H groups in total. The zero-order valence-electron chi connectivity index (χ0n) is 10.1. The van der Waals surface area contributed by atoms with Crippen LogP contribution in [0.15, 0.2) is 47.5 Å². The van der Waals surface area contributed by atoms with Crippen molar-refractivity contribution in [2.45, 2.75) is 25.8 Å². The van der Waals surface area contributed by atoms with E-state index in [9.17, 15) is 0 Å². The van der Waals surface area contributed by atoms with Gasteiger partial charge in [-0.05, 0) is 37.1 Å². The van der Waals surface area contributed by atoms with Gasteiger partial charge in [-0.25, -0.2) is 0 Å². The Balaban J connectivity index is 2.06. The van der Waals surface area contributed by atoms with E-state index in [1.54, 1.807) is 12.5 Å². The maximum absolute atomic E-state index is 5.16. The lowest BCUT2D eigenvalue weighted by Gasteiger charge is -2.16. The van der Waals surface area contributed by atoms with Crippen LogP contribution in [0.3, 0.4) is 0 Å². The van der Waals surface area contributed by atoms with Crippen LogP contribution in [0.25, 0.3) is 0 Å². The van der Waals surface area contributed by atoms with Gasteiger partial charge in [0.2, 0.25) is 0 Å². The number of hydrogen-bond acceptors (Lipinski definition) is 3. The quantitative estimate of drug-likeness (QED) is 0.829. The standard InChI is InChI=1S/C14H18N2O/c1-2-6-16-14(13-5-8-17-11-13)9-12-4-3-7-15-10-12/h3-5,7-8,10-11,14,16H,2,6,9H2,1H3. The number of hydrogen-bond donors (Lipinski definition) is 1. The summed E-state index contributed by atoms with van der Waals surface area (Å²) in [6.45, 7) is 3.18. The predicted octanol–water partition coefficient (Wildman–Crippen LogP) is 2.96. The van der Waals surface area contributed by atoms with Gasteiger partial charge in [0.25, 0.3) is 0 Å². The monoisotopic (exact) mass is 230 g/mol. The Hall–Kier alpha value is -1.61. The summed E-state index contributed by atoms with van der Waals surface area (Å²) >= 11 is 0. The molecule has 0 saturated carbocycles. The van der Waals surface area contributed by atoms with Gasteiger partial charge in [-0.1, -0.05) is 13.0 Å². The fraction of sp³-hybridized carbons (Fsp3) is 0.357. The van der Waals surface area contributed by atoms with Gasteiger partial charge < -0.3 is 9.73 Å². The molecule has 0 aromatic carbocycles. The van der Waals surface area contributed by atoms with Crippen molar-refractivity contribution in [1.29, 1.82) is 0 Å². The molecule has 3 nitrogen and oxygen atoms in total. The van der Waals surface area contributed by atoms with E-state index in [-0.39, 0.29) is 0 Å². The van der Waals surface area contributed by atoms with E-state index in [4.69, 9.17) is 4.42 Å². The van der Waals surface area contributed by atoms with Crippen molar-refractivity contribution >= 4 is 0 Å². The van der Waals surface area contributed by atoms with E-state index in [0.29, 0.717) is 6.04 Å². The van der Waals surface area contributed by atoms with E-state index in [0.717, 1.165) is 19.4 Å². The molecule has 17 heavy (non-hydrogen) atoms. The zero-order chi connectivity index (χ0) is 11.9. The summed E-state index contributed by atoms with van der Waals surface area (Å²) in [5, 5.41) is 3.53. The first-order valence-corrected chi connectivity index (χ1v) is 6.04. The summed E-state index contributed by atoms with van der Waals surface area (Å²) in [6.07, 6.45) is 9.31. The van der Waals surface area contributed by atoms with Crippen molar-refractivity contribution < 1.29 is 4.42 Å². The second-order valence-electron chi connectivity index (χ2n) is 4.13. The van der Waals surface area contributed by atoms with Crippen LogP contribution >= 0.6 is 0 Å². The molecule has 0 spiro atoms. The second kappa shape index (κ2) is 6.21. The molecule has 0 aliphatic rings. The van der Waals surface area contributed by atoms with Crippen molar-refractivity contribution in [2.75, 3.05) is 6.54 Å². The molecule has 0 aliphatic carbocycles. The Morgan fingerprint density at radius 2 is 2.35 bits per heavy atom. The van der Waals surface area contributed by atoms with Crippen LogP contribution in [0.4, 0.5) is 0 Å². The van der Waals surface area contributed by atoms with Crippen LogP contribution in [0.5, 0.6) is 0 Å². The third kappa shape index (κ3) is 3.43. The maximum Gasteiger partial charge on any atom is 0.0950 e. The molecular formula is C14H18N2O. The Morgan fingerprint density at radius 3 is 3.00 bits per heavy atom. The van der Waals surface area contributed by atoms with Crippen LogP contribution in [0.1, 0.15) is 30.5 Å². The third-order valence-electron chi connectivity index (χ3n) is 2.75. The van der Waals surface area contributed by atoms with E-state index >= 15 is 0 Å². The number of nitrogens with one attached hydrogen (secondary N) is 1. The minimum Gasteiger partial charge on any atom is -0.472 e. The molecule has 3 heteroatoms. The molecule has 0 radical (unpaired) electrons. The number of nitrogens with zero attached hydrogens (tertiary/aromatic N) is 1. The summed E-state index contributed by atoms with van der Waals surface area (Å²) in [4.78, 5) is 4.15. The summed E-state index contributed by atoms with van der Waals surface area (Å²) < 4.78 is 5.16. The fourth-order valence-electron chi connectivity index (χ4n) is 1.85. The third-order valence-corrected chi connectivity index (χ3v) is 2.75. The van der Waals surface area contributed by atoms with Gasteiger partial charge in [0.1, 0.15) is 0 Å². The number of furan rings is 1. The van der Waals surface area contributed by atoms with E-state index < -0.39 is 0 Å². The summed E-state index contributed by atoms with van der Waals surface area (Å²) in [6, 6.07) is 6.40. The van der Waals surface area contributed by atoms with Crippen molar-refractivity contribution in [3.05, 3.63) is 54.2 Å². The molecule has 2 aromatic rings. The lowest BCUT2D eigenvalue weighted by Crippen LogP contribution is -2.23. The zero-order valence-corrected chi connectivity index (χ0v) is 10.1. The molecule has 0 amide bonds. The van der Waals surface area contributed by atoms with Crippen LogP contribution in [0.2, 0.25) is 0 Å². The van der Waals surface area contributed by atoms with Gasteiger partial charge in [0, 0.05) is 24.0 Å². The van der Waals surface area contributed by atoms with Crippen LogP contribution < -0.4 is 5.32 Å². The first-order valence-electron chi connectivity index (χ1n) is 6.04. The minimum atomic E-state index is 0.304. The van der Waals surface area contributed by atoms with Gasteiger partial charge in [0.05, 0.1) is 12.5 Å². The van der Waals surface area contributed by atoms with E-state index in [1.165, 1.54) is 11.1 Å². The highest BCUT2D eigenvalue weighted by molar-refractivity contribution is 5.18. The van der Waals surface area contributed by atoms with Gasteiger partial charge in [-0.3, -0.25) is 4.98 Å². The average molecular weight is 230 g/mol. The normalized spacial score (nSPS) is 12.5. The summed E-state index contributed by atoms with van der Waals surface area (Å²) in [7, 11) is 0. The fourth-order valence-corrected chi connectivity index (χ4v) is 1.85. The van der Waals surface area contributed by atoms with Gasteiger partial charge >= 0.3 is 0 Å². The molecule has 0 aliphatic heterocycles. The van der Waals surface area contributed by atoms with Crippen molar-refractivity contribution in [1.82, 2.24) is 10.3 Å². The van der Waals surface area contributed by atoms with Gasteiger partial charge in [-0.2, -0.15) is 0 Å². The molecule has 1 atom stereocenters. The summed E-state index contributed by atoms with van der Waals surface area (Å²) in [5.74, 6) is 0. The molecule has 90 valence electrons. The van der Waals surface area contributed by atoms with Crippen molar-refractivity contribution in [2.24, 2.45) is 0 Å². The molecule has 1 unspecified atom stereocenters. The lowest BCUT2D eigenvalue weighted by molar-refractivity contribution is 0.512. The van der Waals surface area contributed by atoms with Crippen molar-refractivity contribution in [3.63, 3.8) is 0 Å². The van der Waals surface area contributed by atoms with E-state index in [1.807, 2.05) is 24.6 Å². The minimum absolute atomic E-state index is 0.304. The number of rotatable bonds is 6. The first-order chi connectivity index (χ1) is 8.40. The SMILES string of the molecule is CCCNC(Cc1cccnc1)c1ccoc1. The smallest absolute Gasteiger partial charge is 0.0950 e. The molecule has 2 heterocycles. The Labute approximate surface area is 102 Å². The first kappa shape index (κ1) is 11.9. The molecule has 2 rings (SSSR count). The highest BCUT2D eigenvalue weighted by Gasteiger charge is 2.12. The van der Waals surface area contributed by atoms with Gasteiger partial charge in [0.15, 0.2) is 0 Å². The summed E-state index contributed by atoms with van der Waals surface area (Å²) in [5.41, 5.74) is 2.43. The highest BCUT2D eigenvalue weighted by atomic mass is 16.3. The number of aromatic nitrogens is 1. The van der Waals surface area contributed by atoms with E-state index in [2.05, 4.69) is 23.3 Å². The second-order valence-corrected chi connectivity index (χ2v) is 4.13. The van der Waals surface area contributed by atoms with Crippen LogP contribution in [0, 0.1) is 0 Å². The Bertz CT molecular complexity index is 411. The number of pyridine rings is 1. The molecule has 2 aromatic heterocycles. The molecule has 0 saturated heterocycles. The highest BCUT2D eigenvalue weighted by Crippen LogP contribution is 2.18. The van der Waals surface area contributed by atoms with Crippen LogP contribution in [-0.4, -0.2) is 11.5 Å².